The van der Waals surface area contributed by atoms with Gasteiger partial charge >= 0.3 is 5.69 Å². The number of benzene rings is 1. The van der Waals surface area contributed by atoms with Crippen LogP contribution in [0.15, 0.2) is 47.1 Å². The van der Waals surface area contributed by atoms with Crippen LogP contribution >= 0.6 is 11.6 Å². The summed E-state index contributed by atoms with van der Waals surface area (Å²) in [6.07, 6.45) is 4.66. The third-order valence-corrected chi connectivity index (χ3v) is 3.35. The first-order chi connectivity index (χ1) is 10.2. The lowest BCUT2D eigenvalue weighted by atomic mass is 10.1. The Kier molecular flexibility index (Phi) is 3.41. The molecule has 0 amide bonds. The van der Waals surface area contributed by atoms with Crippen LogP contribution in [0.25, 0.3) is 23.1 Å². The van der Waals surface area contributed by atoms with Gasteiger partial charge in [-0.3, -0.25) is 10.1 Å². The van der Waals surface area contributed by atoms with Crippen molar-refractivity contribution in [3.05, 3.63) is 69.3 Å². The Hall–Kier alpha value is -2.66. The predicted octanol–water partition coefficient (Wildman–Crippen LogP) is 4.56. The Morgan fingerprint density at radius 2 is 2.00 bits per heavy atom. The van der Waals surface area contributed by atoms with Gasteiger partial charge < -0.3 is 4.42 Å². The minimum atomic E-state index is -0.524. The van der Waals surface area contributed by atoms with Crippen molar-refractivity contribution >= 4 is 40.3 Å². The molecule has 0 atom stereocenters. The van der Waals surface area contributed by atoms with E-state index in [1.807, 2.05) is 0 Å². The van der Waals surface area contributed by atoms with Gasteiger partial charge in [-0.05, 0) is 30.4 Å². The number of para-hydroxylation sites is 1. The second kappa shape index (κ2) is 5.38. The van der Waals surface area contributed by atoms with E-state index in [-0.39, 0.29) is 16.4 Å². The molecule has 0 bridgehead atoms. The summed E-state index contributed by atoms with van der Waals surface area (Å²) >= 11 is 6.16. The fourth-order valence-electron chi connectivity index (χ4n) is 2.02. The van der Waals surface area contributed by atoms with E-state index in [0.29, 0.717) is 16.7 Å². The molecule has 2 aromatic heterocycles. The second-order valence-electron chi connectivity index (χ2n) is 4.28. The first-order valence-electron chi connectivity index (χ1n) is 6.11. The van der Waals surface area contributed by atoms with Crippen molar-refractivity contribution in [1.82, 2.24) is 4.98 Å². The summed E-state index contributed by atoms with van der Waals surface area (Å²) in [5.41, 5.74) is 0.588. The fourth-order valence-corrected chi connectivity index (χ4v) is 2.34. The highest BCUT2D eigenvalue weighted by atomic mass is 35.5. The molecule has 6 heteroatoms. The molecule has 0 fully saturated rings. The average molecular weight is 301 g/mol. The number of aromatic nitrogens is 1. The van der Waals surface area contributed by atoms with E-state index < -0.39 is 4.92 Å². The average Bonchev–Trinajstić information content (AvgIpc) is 2.98. The summed E-state index contributed by atoms with van der Waals surface area (Å²) in [4.78, 5) is 15.0. The summed E-state index contributed by atoms with van der Waals surface area (Å²) in [7, 11) is 0. The van der Waals surface area contributed by atoms with Crippen molar-refractivity contribution < 1.29 is 9.34 Å². The maximum Gasteiger partial charge on any atom is 0.313 e. The SMILES string of the molecule is O=[N+]([O-])c1c(C=Cc2ccco2)nc2ccccc2c1Cl. The van der Waals surface area contributed by atoms with Gasteiger partial charge in [0.1, 0.15) is 16.5 Å². The highest BCUT2D eigenvalue weighted by molar-refractivity contribution is 6.37. The summed E-state index contributed by atoms with van der Waals surface area (Å²) < 4.78 is 5.16. The van der Waals surface area contributed by atoms with Crippen molar-refractivity contribution in [2.75, 3.05) is 0 Å². The fraction of sp³-hybridized carbons (Fsp3) is 0. The van der Waals surface area contributed by atoms with Crippen molar-refractivity contribution in [3.63, 3.8) is 0 Å². The van der Waals surface area contributed by atoms with Gasteiger partial charge in [0.05, 0.1) is 16.7 Å². The molecule has 3 rings (SSSR count). The zero-order valence-corrected chi connectivity index (χ0v) is 11.4. The molecule has 0 spiro atoms. The zero-order valence-electron chi connectivity index (χ0n) is 10.7. The minimum Gasteiger partial charge on any atom is -0.465 e. The smallest absolute Gasteiger partial charge is 0.313 e. The molecule has 104 valence electrons. The second-order valence-corrected chi connectivity index (χ2v) is 4.66. The number of furan rings is 1. The van der Waals surface area contributed by atoms with E-state index in [0.717, 1.165) is 0 Å². The third-order valence-electron chi connectivity index (χ3n) is 2.96. The van der Waals surface area contributed by atoms with Gasteiger partial charge in [0.2, 0.25) is 0 Å². The molecule has 0 aliphatic rings. The van der Waals surface area contributed by atoms with Gasteiger partial charge in [-0.15, -0.1) is 0 Å². The van der Waals surface area contributed by atoms with Gasteiger partial charge in [0, 0.05) is 5.39 Å². The van der Waals surface area contributed by atoms with Crippen LogP contribution in [-0.2, 0) is 0 Å². The number of rotatable bonds is 3. The van der Waals surface area contributed by atoms with Crippen LogP contribution < -0.4 is 0 Å². The van der Waals surface area contributed by atoms with Crippen molar-refractivity contribution in [2.45, 2.75) is 0 Å². The Labute approximate surface area is 124 Å². The number of nitro groups is 1. The molecule has 1 aromatic carbocycles. The maximum atomic E-state index is 11.3. The molecular formula is C15H9ClN2O3. The topological polar surface area (TPSA) is 69.2 Å². The van der Waals surface area contributed by atoms with E-state index in [2.05, 4.69) is 4.98 Å². The molecule has 0 saturated heterocycles. The van der Waals surface area contributed by atoms with E-state index >= 15 is 0 Å². The quantitative estimate of drug-likeness (QED) is 0.525. The van der Waals surface area contributed by atoms with Gasteiger partial charge in [-0.25, -0.2) is 4.98 Å². The molecule has 0 radical (unpaired) electrons. The Morgan fingerprint density at radius 3 is 2.71 bits per heavy atom. The summed E-state index contributed by atoms with van der Waals surface area (Å²) in [6.45, 7) is 0. The summed E-state index contributed by atoms with van der Waals surface area (Å²) in [5.74, 6) is 0.579. The van der Waals surface area contributed by atoms with Crippen molar-refractivity contribution in [1.29, 1.82) is 0 Å². The molecule has 3 aromatic rings. The summed E-state index contributed by atoms with van der Waals surface area (Å²) in [5, 5.41) is 11.9. The molecule has 21 heavy (non-hydrogen) atoms. The Balaban J connectivity index is 2.20. The van der Waals surface area contributed by atoms with Gasteiger partial charge in [0.25, 0.3) is 0 Å². The highest BCUT2D eigenvalue weighted by Crippen LogP contribution is 2.34. The number of hydrogen-bond acceptors (Lipinski definition) is 4. The molecule has 0 aliphatic carbocycles. The van der Waals surface area contributed by atoms with Gasteiger partial charge in [-0.1, -0.05) is 29.8 Å². The van der Waals surface area contributed by atoms with Crippen molar-refractivity contribution in [2.24, 2.45) is 0 Å². The number of fused-ring (bicyclic) bond motifs is 1. The normalized spacial score (nSPS) is 11.3. The molecule has 5 nitrogen and oxygen atoms in total. The first-order valence-corrected chi connectivity index (χ1v) is 6.49. The molecule has 0 aliphatic heterocycles. The highest BCUT2D eigenvalue weighted by Gasteiger charge is 2.21. The lowest BCUT2D eigenvalue weighted by molar-refractivity contribution is -0.385. The van der Waals surface area contributed by atoms with Crippen molar-refractivity contribution in [3.8, 4) is 0 Å². The summed E-state index contributed by atoms with van der Waals surface area (Å²) in [6, 6.07) is 10.5. The number of halogens is 1. The molecular weight excluding hydrogens is 292 g/mol. The van der Waals surface area contributed by atoms with Crippen LogP contribution in [0.3, 0.4) is 0 Å². The lowest BCUT2D eigenvalue weighted by Gasteiger charge is -2.04. The monoisotopic (exact) mass is 300 g/mol. The van der Waals surface area contributed by atoms with Gasteiger partial charge in [0.15, 0.2) is 0 Å². The molecule has 2 heterocycles. The standard InChI is InChI=1S/C15H9ClN2O3/c16-14-11-5-1-2-6-12(11)17-13(15(14)18(19)20)8-7-10-4-3-9-21-10/h1-9H. The lowest BCUT2D eigenvalue weighted by Crippen LogP contribution is -1.97. The molecule has 0 unspecified atom stereocenters. The first kappa shape index (κ1) is 13.3. The van der Waals surface area contributed by atoms with Crippen LogP contribution in [0.1, 0.15) is 11.5 Å². The predicted molar refractivity (Wildman–Crippen MR) is 81.0 cm³/mol. The minimum absolute atomic E-state index is 0.0877. The molecule has 0 N–H and O–H groups in total. The molecule has 0 saturated carbocycles. The van der Waals surface area contributed by atoms with E-state index in [9.17, 15) is 10.1 Å². The van der Waals surface area contributed by atoms with Crippen LogP contribution in [0, 0.1) is 10.1 Å². The zero-order chi connectivity index (χ0) is 14.8. The Morgan fingerprint density at radius 1 is 1.19 bits per heavy atom. The third kappa shape index (κ3) is 2.51. The number of hydrogen-bond donors (Lipinski definition) is 0. The van der Waals surface area contributed by atoms with E-state index in [4.69, 9.17) is 16.0 Å². The Bertz CT molecular complexity index is 842. The van der Waals surface area contributed by atoms with Crippen LogP contribution in [-0.4, -0.2) is 9.91 Å². The van der Waals surface area contributed by atoms with Gasteiger partial charge in [-0.2, -0.15) is 0 Å². The van der Waals surface area contributed by atoms with Crippen LogP contribution in [0.2, 0.25) is 5.02 Å². The number of nitrogens with zero attached hydrogens (tertiary/aromatic N) is 2. The van der Waals surface area contributed by atoms with Crippen LogP contribution in [0.4, 0.5) is 5.69 Å². The maximum absolute atomic E-state index is 11.3. The van der Waals surface area contributed by atoms with Crippen LogP contribution in [0.5, 0.6) is 0 Å². The largest absolute Gasteiger partial charge is 0.465 e. The number of pyridine rings is 1. The van der Waals surface area contributed by atoms with E-state index in [1.54, 1.807) is 42.5 Å². The van der Waals surface area contributed by atoms with E-state index in [1.165, 1.54) is 12.3 Å².